The number of aromatic nitrogens is 3. The Hall–Kier alpha value is -2.80. The van der Waals surface area contributed by atoms with Gasteiger partial charge in [-0.2, -0.15) is 0 Å². The van der Waals surface area contributed by atoms with Gasteiger partial charge in [0.15, 0.2) is 17.1 Å². The van der Waals surface area contributed by atoms with Crippen LogP contribution in [0.5, 0.6) is 5.75 Å². The summed E-state index contributed by atoms with van der Waals surface area (Å²) in [5, 5.41) is 12.1. The summed E-state index contributed by atoms with van der Waals surface area (Å²) in [6, 6.07) is 17.9. The Labute approximate surface area is 175 Å². The zero-order valence-electron chi connectivity index (χ0n) is 17.0. The van der Waals surface area contributed by atoms with Gasteiger partial charge in [0.1, 0.15) is 5.75 Å². The number of carbonyl (C=O) groups excluding carboxylic acids is 1. The normalized spacial score (nSPS) is 11.8. The Morgan fingerprint density at radius 2 is 1.83 bits per heavy atom. The zero-order chi connectivity index (χ0) is 20.6. The summed E-state index contributed by atoms with van der Waals surface area (Å²) in [6.07, 6.45) is 0.750. The molecular formula is C22H26N4O2S. The van der Waals surface area contributed by atoms with Crippen molar-refractivity contribution in [3.05, 3.63) is 71.5 Å². The average Bonchev–Trinajstić information content (AvgIpc) is 3.12. The molecule has 7 heteroatoms. The van der Waals surface area contributed by atoms with Crippen molar-refractivity contribution in [3.8, 4) is 5.75 Å². The Bertz CT molecular complexity index is 926. The maximum atomic E-state index is 12.1. The molecule has 3 aromatic rings. The minimum absolute atomic E-state index is 0.0382. The molecule has 0 radical (unpaired) electrons. The molecule has 0 unspecified atom stereocenters. The smallest absolute Gasteiger partial charge is 0.230 e. The Kier molecular flexibility index (Phi) is 7.30. The number of thioether (sulfide) groups is 1. The van der Waals surface area contributed by atoms with E-state index in [0.717, 1.165) is 23.6 Å². The van der Waals surface area contributed by atoms with Gasteiger partial charge in [-0.1, -0.05) is 61.2 Å². The molecule has 0 spiro atoms. The van der Waals surface area contributed by atoms with Crippen LogP contribution in [-0.2, 0) is 24.8 Å². The first-order chi connectivity index (χ1) is 14.1. The average molecular weight is 411 g/mol. The molecule has 0 fully saturated rings. The van der Waals surface area contributed by atoms with Crippen molar-refractivity contribution in [2.75, 3.05) is 5.75 Å². The molecule has 1 amide bonds. The molecule has 152 valence electrons. The molecule has 1 aromatic heterocycles. The Balaban J connectivity index is 1.52. The molecule has 3 rings (SSSR count). The van der Waals surface area contributed by atoms with E-state index in [0.29, 0.717) is 11.7 Å². The van der Waals surface area contributed by atoms with Crippen LogP contribution in [-0.4, -0.2) is 26.4 Å². The fourth-order valence-corrected chi connectivity index (χ4v) is 3.59. The van der Waals surface area contributed by atoms with E-state index in [-0.39, 0.29) is 17.8 Å². The Morgan fingerprint density at radius 1 is 1.10 bits per heavy atom. The summed E-state index contributed by atoms with van der Waals surface area (Å²) in [5.74, 6) is 1.76. The monoisotopic (exact) mass is 410 g/mol. The predicted molar refractivity (Wildman–Crippen MR) is 115 cm³/mol. The number of nitrogens with one attached hydrogen (secondary N) is 1. The van der Waals surface area contributed by atoms with Gasteiger partial charge < -0.3 is 14.6 Å². The standard InChI is InChI=1S/C22H26N4O2S/c1-4-17-10-12-19(13-11-17)28-16(2)21-24-25-22(26(21)3)29-15-20(27)23-14-18-8-6-5-7-9-18/h5-13,16H,4,14-15H2,1-3H3,(H,23,27)/t16-/m1/s1. The van der Waals surface area contributed by atoms with E-state index in [2.05, 4.69) is 34.6 Å². The highest BCUT2D eigenvalue weighted by atomic mass is 32.2. The van der Waals surface area contributed by atoms with E-state index in [1.165, 1.54) is 17.3 Å². The van der Waals surface area contributed by atoms with Crippen molar-refractivity contribution in [1.82, 2.24) is 20.1 Å². The molecule has 6 nitrogen and oxygen atoms in total. The van der Waals surface area contributed by atoms with Crippen molar-refractivity contribution in [1.29, 1.82) is 0 Å². The molecule has 0 aliphatic heterocycles. The van der Waals surface area contributed by atoms with Gasteiger partial charge in [-0.05, 0) is 36.6 Å². The van der Waals surface area contributed by atoms with Gasteiger partial charge >= 0.3 is 0 Å². The van der Waals surface area contributed by atoms with Crippen LogP contribution in [0, 0.1) is 0 Å². The van der Waals surface area contributed by atoms with E-state index in [9.17, 15) is 4.79 Å². The second kappa shape index (κ2) is 10.1. The number of hydrogen-bond donors (Lipinski definition) is 1. The highest BCUT2D eigenvalue weighted by Crippen LogP contribution is 2.24. The molecule has 0 saturated heterocycles. The van der Waals surface area contributed by atoms with Gasteiger partial charge in [-0.15, -0.1) is 10.2 Å². The van der Waals surface area contributed by atoms with Gasteiger partial charge in [-0.3, -0.25) is 4.79 Å². The van der Waals surface area contributed by atoms with Crippen molar-refractivity contribution in [2.24, 2.45) is 7.05 Å². The summed E-state index contributed by atoms with van der Waals surface area (Å²) in [7, 11) is 1.89. The fourth-order valence-electron chi connectivity index (χ4n) is 2.84. The third-order valence-electron chi connectivity index (χ3n) is 4.54. The molecule has 29 heavy (non-hydrogen) atoms. The number of ether oxygens (including phenoxy) is 1. The number of benzene rings is 2. The highest BCUT2D eigenvalue weighted by molar-refractivity contribution is 7.99. The Morgan fingerprint density at radius 3 is 2.52 bits per heavy atom. The summed E-state index contributed by atoms with van der Waals surface area (Å²) in [5.41, 5.74) is 2.35. The first kappa shape index (κ1) is 20.9. The third kappa shape index (κ3) is 5.84. The molecule has 0 aliphatic rings. The van der Waals surface area contributed by atoms with Gasteiger partial charge in [-0.25, -0.2) is 0 Å². The fraction of sp³-hybridized carbons (Fsp3) is 0.318. The number of hydrogen-bond acceptors (Lipinski definition) is 5. The van der Waals surface area contributed by atoms with Crippen LogP contribution in [0.1, 0.15) is 36.9 Å². The third-order valence-corrected chi connectivity index (χ3v) is 5.56. The minimum Gasteiger partial charge on any atom is -0.483 e. The number of amides is 1. The number of nitrogens with zero attached hydrogens (tertiary/aromatic N) is 3. The lowest BCUT2D eigenvalue weighted by Gasteiger charge is -2.14. The van der Waals surface area contributed by atoms with E-state index in [1.54, 1.807) is 0 Å². The van der Waals surface area contributed by atoms with Crippen LogP contribution >= 0.6 is 11.8 Å². The quantitative estimate of drug-likeness (QED) is 0.542. The van der Waals surface area contributed by atoms with Crippen LogP contribution in [0.4, 0.5) is 0 Å². The highest BCUT2D eigenvalue weighted by Gasteiger charge is 2.18. The van der Waals surface area contributed by atoms with E-state index >= 15 is 0 Å². The van der Waals surface area contributed by atoms with E-state index in [4.69, 9.17) is 4.74 Å². The maximum absolute atomic E-state index is 12.1. The topological polar surface area (TPSA) is 69.0 Å². The van der Waals surface area contributed by atoms with Crippen molar-refractivity contribution in [2.45, 2.75) is 38.1 Å². The molecular weight excluding hydrogens is 384 g/mol. The van der Waals surface area contributed by atoms with Gasteiger partial charge in [0.2, 0.25) is 5.91 Å². The molecule has 1 atom stereocenters. The van der Waals surface area contributed by atoms with Crippen molar-refractivity contribution >= 4 is 17.7 Å². The van der Waals surface area contributed by atoms with E-state index < -0.39 is 0 Å². The number of carbonyl (C=O) groups is 1. The lowest BCUT2D eigenvalue weighted by molar-refractivity contribution is -0.118. The van der Waals surface area contributed by atoms with E-state index in [1.807, 2.05) is 61.0 Å². The first-order valence-electron chi connectivity index (χ1n) is 9.65. The lowest BCUT2D eigenvalue weighted by Crippen LogP contribution is -2.24. The SMILES string of the molecule is CCc1ccc(O[C@H](C)c2nnc(SCC(=O)NCc3ccccc3)n2C)cc1. The molecule has 0 saturated carbocycles. The maximum Gasteiger partial charge on any atom is 0.230 e. The second-order valence-corrected chi connectivity index (χ2v) is 7.65. The van der Waals surface area contributed by atoms with Gasteiger partial charge in [0, 0.05) is 13.6 Å². The van der Waals surface area contributed by atoms with Crippen LogP contribution in [0.3, 0.4) is 0 Å². The summed E-state index contributed by atoms with van der Waals surface area (Å²) < 4.78 is 7.87. The molecule has 1 heterocycles. The number of aryl methyl sites for hydroxylation is 1. The van der Waals surface area contributed by atoms with Gasteiger partial charge in [0.25, 0.3) is 0 Å². The van der Waals surface area contributed by atoms with Gasteiger partial charge in [0.05, 0.1) is 5.75 Å². The first-order valence-corrected chi connectivity index (χ1v) is 10.6. The summed E-state index contributed by atoms with van der Waals surface area (Å²) in [4.78, 5) is 12.1. The van der Waals surface area contributed by atoms with Crippen molar-refractivity contribution in [3.63, 3.8) is 0 Å². The number of rotatable bonds is 9. The lowest BCUT2D eigenvalue weighted by atomic mass is 10.2. The molecule has 2 aromatic carbocycles. The second-order valence-electron chi connectivity index (χ2n) is 6.71. The van der Waals surface area contributed by atoms with Crippen LogP contribution in [0.15, 0.2) is 59.8 Å². The zero-order valence-corrected chi connectivity index (χ0v) is 17.8. The summed E-state index contributed by atoms with van der Waals surface area (Å²) >= 11 is 1.36. The predicted octanol–water partition coefficient (Wildman–Crippen LogP) is 3.93. The summed E-state index contributed by atoms with van der Waals surface area (Å²) in [6.45, 7) is 4.59. The molecule has 0 aliphatic carbocycles. The van der Waals surface area contributed by atoms with Crippen LogP contribution in [0.25, 0.3) is 0 Å². The van der Waals surface area contributed by atoms with Crippen molar-refractivity contribution < 1.29 is 9.53 Å². The molecule has 0 bridgehead atoms. The van der Waals surface area contributed by atoms with Crippen LogP contribution in [0.2, 0.25) is 0 Å². The minimum atomic E-state index is -0.249. The largest absolute Gasteiger partial charge is 0.483 e. The van der Waals surface area contributed by atoms with Crippen LogP contribution < -0.4 is 10.1 Å². The molecule has 1 N–H and O–H groups in total.